The molecule has 1 aliphatic carbocycles. The predicted octanol–water partition coefficient (Wildman–Crippen LogP) is 1.58. The van der Waals surface area contributed by atoms with E-state index in [-0.39, 0.29) is 17.9 Å². The Balaban J connectivity index is 2.38. The monoisotopic (exact) mass is 287 g/mol. The molecule has 1 unspecified atom stereocenters. The van der Waals surface area contributed by atoms with Gasteiger partial charge in [-0.05, 0) is 6.08 Å². The number of hydrogen-bond donors (Lipinski definition) is 1. The van der Waals surface area contributed by atoms with E-state index in [0.717, 1.165) is 0 Å². The van der Waals surface area contributed by atoms with Crippen molar-refractivity contribution in [2.24, 2.45) is 5.73 Å². The number of rotatable bonds is 4. The second-order valence-electron chi connectivity index (χ2n) is 5.23. The molecule has 21 heavy (non-hydrogen) atoms. The molecule has 0 saturated heterocycles. The lowest BCUT2D eigenvalue weighted by molar-refractivity contribution is -0.430. The van der Waals surface area contributed by atoms with Crippen LogP contribution in [0.4, 0.5) is 0 Å². The number of nitro groups is 1. The van der Waals surface area contributed by atoms with E-state index in [1.54, 1.807) is 61.5 Å². The van der Waals surface area contributed by atoms with Gasteiger partial charge in [0.15, 0.2) is 5.78 Å². The van der Waals surface area contributed by atoms with Gasteiger partial charge in [-0.15, -0.1) is 0 Å². The summed E-state index contributed by atoms with van der Waals surface area (Å²) in [5.74, 6) is -0.323. The molecular formula is C15H17N3O3. The summed E-state index contributed by atoms with van der Waals surface area (Å²) in [6.45, 7) is 0. The lowest BCUT2D eigenvalue weighted by Crippen LogP contribution is -2.48. The van der Waals surface area contributed by atoms with Crippen molar-refractivity contribution in [1.82, 2.24) is 4.90 Å². The highest BCUT2D eigenvalue weighted by Gasteiger charge is 2.40. The van der Waals surface area contributed by atoms with E-state index in [9.17, 15) is 14.9 Å². The number of carbonyl (C=O) groups is 1. The van der Waals surface area contributed by atoms with Gasteiger partial charge in [0.05, 0.1) is 11.3 Å². The maximum Gasteiger partial charge on any atom is 0.271 e. The van der Waals surface area contributed by atoms with Crippen LogP contribution in [0.15, 0.2) is 53.9 Å². The SMILES string of the molecule is CN(C)C1=C([N+](=O)[O-])CC(N)(C(=O)c2ccccc2)C=C1. The molecule has 1 aromatic rings. The molecule has 0 heterocycles. The average molecular weight is 287 g/mol. The van der Waals surface area contributed by atoms with Crippen LogP contribution in [0.3, 0.4) is 0 Å². The third-order valence-electron chi connectivity index (χ3n) is 3.46. The molecule has 0 aromatic heterocycles. The maximum absolute atomic E-state index is 12.5. The fourth-order valence-electron chi connectivity index (χ4n) is 2.33. The highest BCUT2D eigenvalue weighted by Crippen LogP contribution is 2.29. The highest BCUT2D eigenvalue weighted by atomic mass is 16.6. The van der Waals surface area contributed by atoms with E-state index < -0.39 is 10.5 Å². The summed E-state index contributed by atoms with van der Waals surface area (Å²) in [6, 6.07) is 8.57. The van der Waals surface area contributed by atoms with Gasteiger partial charge in [-0.25, -0.2) is 0 Å². The van der Waals surface area contributed by atoms with Crippen molar-refractivity contribution in [1.29, 1.82) is 0 Å². The number of carbonyl (C=O) groups excluding carboxylic acids is 1. The Morgan fingerprint density at radius 1 is 1.33 bits per heavy atom. The third-order valence-corrected chi connectivity index (χ3v) is 3.46. The van der Waals surface area contributed by atoms with Crippen LogP contribution in [0.1, 0.15) is 16.8 Å². The number of ketones is 1. The molecule has 1 aliphatic rings. The van der Waals surface area contributed by atoms with Gasteiger partial charge in [-0.3, -0.25) is 14.9 Å². The number of Topliss-reactive ketones (excluding diaryl/α,β-unsaturated/α-hetero) is 1. The zero-order valence-corrected chi connectivity index (χ0v) is 11.9. The van der Waals surface area contributed by atoms with Gasteiger partial charge in [-0.2, -0.15) is 0 Å². The van der Waals surface area contributed by atoms with Gasteiger partial charge < -0.3 is 10.6 Å². The summed E-state index contributed by atoms with van der Waals surface area (Å²) in [5.41, 5.74) is 5.60. The molecular weight excluding hydrogens is 270 g/mol. The zero-order chi connectivity index (χ0) is 15.6. The molecule has 0 fully saturated rings. The summed E-state index contributed by atoms with van der Waals surface area (Å²) in [5, 5.41) is 11.2. The van der Waals surface area contributed by atoms with E-state index in [1.165, 1.54) is 0 Å². The molecule has 0 saturated carbocycles. The fourth-order valence-corrected chi connectivity index (χ4v) is 2.33. The Kier molecular flexibility index (Phi) is 3.90. The summed E-state index contributed by atoms with van der Waals surface area (Å²) < 4.78 is 0. The highest BCUT2D eigenvalue weighted by molar-refractivity contribution is 6.05. The Morgan fingerprint density at radius 2 is 1.95 bits per heavy atom. The van der Waals surface area contributed by atoms with Gasteiger partial charge in [0.25, 0.3) is 5.70 Å². The molecule has 2 N–H and O–H groups in total. The van der Waals surface area contributed by atoms with Crippen molar-refractivity contribution in [2.45, 2.75) is 12.0 Å². The van der Waals surface area contributed by atoms with Crippen LogP contribution in [0.25, 0.3) is 0 Å². The van der Waals surface area contributed by atoms with Gasteiger partial charge in [-0.1, -0.05) is 36.4 Å². The van der Waals surface area contributed by atoms with Crippen molar-refractivity contribution >= 4 is 5.78 Å². The minimum atomic E-state index is -1.39. The van der Waals surface area contributed by atoms with Crippen molar-refractivity contribution in [3.63, 3.8) is 0 Å². The Bertz CT molecular complexity index is 635. The van der Waals surface area contributed by atoms with Crippen molar-refractivity contribution in [3.8, 4) is 0 Å². The summed E-state index contributed by atoms with van der Waals surface area (Å²) >= 11 is 0. The predicted molar refractivity (Wildman–Crippen MR) is 79.2 cm³/mol. The Hall–Kier alpha value is -2.47. The number of likely N-dealkylation sites (N-methyl/N-ethyl adjacent to an activating group) is 1. The standard InChI is InChI=1S/C15H17N3O3/c1-17(2)12-8-9-15(16,10-13(12)18(20)21)14(19)11-6-4-3-5-7-11/h3-9H,10,16H2,1-2H3. The Labute approximate surface area is 122 Å². The lowest BCUT2D eigenvalue weighted by Gasteiger charge is -2.28. The molecule has 1 aromatic carbocycles. The summed E-state index contributed by atoms with van der Waals surface area (Å²) in [7, 11) is 3.43. The molecule has 0 amide bonds. The molecule has 0 bridgehead atoms. The summed E-state index contributed by atoms with van der Waals surface area (Å²) in [4.78, 5) is 24.9. The van der Waals surface area contributed by atoms with E-state index in [2.05, 4.69) is 0 Å². The van der Waals surface area contributed by atoms with Crippen LogP contribution in [-0.4, -0.2) is 35.2 Å². The van der Waals surface area contributed by atoms with Crippen molar-refractivity contribution in [3.05, 3.63) is 69.6 Å². The van der Waals surface area contributed by atoms with E-state index in [4.69, 9.17) is 5.73 Å². The van der Waals surface area contributed by atoms with Crippen molar-refractivity contribution in [2.75, 3.05) is 14.1 Å². The minimum absolute atomic E-state index is 0.0470. The van der Waals surface area contributed by atoms with Gasteiger partial charge >= 0.3 is 0 Å². The van der Waals surface area contributed by atoms with Gasteiger partial charge in [0.2, 0.25) is 0 Å². The number of benzene rings is 1. The Morgan fingerprint density at radius 3 is 2.48 bits per heavy atom. The zero-order valence-electron chi connectivity index (χ0n) is 11.9. The molecule has 0 spiro atoms. The molecule has 0 radical (unpaired) electrons. The van der Waals surface area contributed by atoms with E-state index in [1.807, 2.05) is 0 Å². The van der Waals surface area contributed by atoms with E-state index in [0.29, 0.717) is 11.3 Å². The maximum atomic E-state index is 12.5. The van der Waals surface area contributed by atoms with Crippen LogP contribution in [0.5, 0.6) is 0 Å². The summed E-state index contributed by atoms with van der Waals surface area (Å²) in [6.07, 6.45) is 2.96. The second-order valence-corrected chi connectivity index (χ2v) is 5.23. The fraction of sp³-hybridized carbons (Fsp3) is 0.267. The first-order valence-electron chi connectivity index (χ1n) is 6.48. The van der Waals surface area contributed by atoms with Gasteiger partial charge in [0, 0.05) is 19.7 Å². The minimum Gasteiger partial charge on any atom is -0.372 e. The van der Waals surface area contributed by atoms with Crippen LogP contribution < -0.4 is 5.73 Å². The topological polar surface area (TPSA) is 89.5 Å². The molecule has 6 heteroatoms. The first-order chi connectivity index (χ1) is 9.85. The normalized spacial score (nSPS) is 21.3. The number of hydrogen-bond acceptors (Lipinski definition) is 5. The molecule has 6 nitrogen and oxygen atoms in total. The number of nitrogens with zero attached hydrogens (tertiary/aromatic N) is 2. The first-order valence-corrected chi connectivity index (χ1v) is 6.48. The second kappa shape index (κ2) is 5.49. The van der Waals surface area contributed by atoms with Crippen LogP contribution >= 0.6 is 0 Å². The molecule has 2 rings (SSSR count). The smallest absolute Gasteiger partial charge is 0.271 e. The molecule has 110 valence electrons. The third kappa shape index (κ3) is 2.85. The average Bonchev–Trinajstić information content (AvgIpc) is 2.47. The van der Waals surface area contributed by atoms with Crippen molar-refractivity contribution < 1.29 is 9.72 Å². The van der Waals surface area contributed by atoms with Crippen LogP contribution in [-0.2, 0) is 0 Å². The first kappa shape index (κ1) is 14.9. The van der Waals surface area contributed by atoms with Crippen LogP contribution in [0.2, 0.25) is 0 Å². The number of allylic oxidation sites excluding steroid dienone is 1. The van der Waals surface area contributed by atoms with E-state index >= 15 is 0 Å². The lowest BCUT2D eigenvalue weighted by atomic mass is 9.82. The van der Waals surface area contributed by atoms with Gasteiger partial charge in [0.1, 0.15) is 11.2 Å². The molecule has 1 atom stereocenters. The molecule has 0 aliphatic heterocycles. The van der Waals surface area contributed by atoms with Crippen LogP contribution in [0, 0.1) is 10.1 Å². The number of nitrogens with two attached hydrogens (primary N) is 1. The quantitative estimate of drug-likeness (QED) is 0.516. The largest absolute Gasteiger partial charge is 0.372 e.